The Morgan fingerprint density at radius 1 is 1.08 bits per heavy atom. The molecule has 1 aliphatic rings. The second-order valence-electron chi connectivity index (χ2n) is 9.21. The first-order valence-electron chi connectivity index (χ1n) is 12.4. The van der Waals surface area contributed by atoms with Gasteiger partial charge in [0.05, 0.1) is 6.61 Å². The Morgan fingerprint density at radius 3 is 2.55 bits per heavy atom. The zero-order valence-electron chi connectivity index (χ0n) is 20.8. The number of halogens is 3. The van der Waals surface area contributed by atoms with Crippen molar-refractivity contribution in [3.8, 4) is 5.75 Å². The van der Waals surface area contributed by atoms with Crippen LogP contribution >= 0.6 is 27.5 Å². The monoisotopic (exact) mass is 602 g/mol. The second kappa shape index (κ2) is 13.2. The Hall–Kier alpha value is -2.94. The standard InChI is InChI=1S/C29H29BrClFN2O4/c30-23-8-9-25(27(32)17-23)21-10-12-33(13-11-21)28(36)29(37)34(14-15-35)18-20-4-3-6-24(16-20)38-19-22-5-1-2-7-26(22)31/h1-9,16-17,21,35H,10-15,18-19H2. The third kappa shape index (κ3) is 7.12. The molecule has 0 bridgehead atoms. The molecule has 1 fully saturated rings. The van der Waals surface area contributed by atoms with Gasteiger partial charge in [-0.2, -0.15) is 0 Å². The fourth-order valence-electron chi connectivity index (χ4n) is 4.60. The Kier molecular flexibility index (Phi) is 9.77. The molecule has 0 spiro atoms. The van der Waals surface area contributed by atoms with E-state index in [1.807, 2.05) is 42.5 Å². The van der Waals surface area contributed by atoms with Crippen molar-refractivity contribution in [1.82, 2.24) is 9.80 Å². The number of nitrogens with zero attached hydrogens (tertiary/aromatic N) is 2. The van der Waals surface area contributed by atoms with Gasteiger partial charge < -0.3 is 19.6 Å². The van der Waals surface area contributed by atoms with Gasteiger partial charge in [0.2, 0.25) is 0 Å². The van der Waals surface area contributed by atoms with E-state index in [9.17, 15) is 19.1 Å². The van der Waals surface area contributed by atoms with Gasteiger partial charge in [-0.1, -0.05) is 63.9 Å². The maximum Gasteiger partial charge on any atom is 0.312 e. The number of benzene rings is 3. The fraction of sp³-hybridized carbons (Fsp3) is 0.310. The van der Waals surface area contributed by atoms with E-state index < -0.39 is 11.8 Å². The van der Waals surface area contributed by atoms with Gasteiger partial charge in [0.25, 0.3) is 0 Å². The highest BCUT2D eigenvalue weighted by Gasteiger charge is 2.31. The van der Waals surface area contributed by atoms with Crippen molar-refractivity contribution in [1.29, 1.82) is 0 Å². The molecular formula is C29H29BrClFN2O4. The maximum atomic E-state index is 14.4. The van der Waals surface area contributed by atoms with Gasteiger partial charge >= 0.3 is 11.8 Å². The molecule has 0 aromatic heterocycles. The highest BCUT2D eigenvalue weighted by atomic mass is 79.9. The summed E-state index contributed by atoms with van der Waals surface area (Å²) in [4.78, 5) is 29.0. The summed E-state index contributed by atoms with van der Waals surface area (Å²) in [7, 11) is 0. The van der Waals surface area contributed by atoms with E-state index >= 15 is 0 Å². The molecule has 1 saturated heterocycles. The molecule has 0 saturated carbocycles. The van der Waals surface area contributed by atoms with Crippen molar-refractivity contribution in [3.63, 3.8) is 0 Å². The predicted octanol–water partition coefficient (Wildman–Crippen LogP) is 5.55. The fourth-order valence-corrected chi connectivity index (χ4v) is 5.12. The molecule has 200 valence electrons. The minimum absolute atomic E-state index is 0.00990. The van der Waals surface area contributed by atoms with Crippen LogP contribution in [0.25, 0.3) is 0 Å². The molecule has 3 aromatic carbocycles. The van der Waals surface area contributed by atoms with Crippen molar-refractivity contribution in [2.45, 2.75) is 31.9 Å². The lowest BCUT2D eigenvalue weighted by molar-refractivity contribution is -0.153. The molecular weight excluding hydrogens is 575 g/mol. The zero-order valence-corrected chi connectivity index (χ0v) is 23.1. The molecule has 38 heavy (non-hydrogen) atoms. The molecule has 0 unspecified atom stereocenters. The Balaban J connectivity index is 1.36. The molecule has 3 aromatic rings. The van der Waals surface area contributed by atoms with E-state index in [1.54, 1.807) is 18.2 Å². The Morgan fingerprint density at radius 2 is 1.84 bits per heavy atom. The summed E-state index contributed by atoms with van der Waals surface area (Å²) in [6.07, 6.45) is 1.14. The average molecular weight is 604 g/mol. The SMILES string of the molecule is O=C(C(=O)N(CCO)Cc1cccc(OCc2ccccc2Cl)c1)N1CCC(c2ccc(Br)cc2F)CC1. The zero-order chi connectivity index (χ0) is 27.1. The first-order valence-corrected chi connectivity index (χ1v) is 13.6. The van der Waals surface area contributed by atoms with Gasteiger partial charge in [-0.3, -0.25) is 9.59 Å². The molecule has 2 amide bonds. The van der Waals surface area contributed by atoms with Crippen LogP contribution in [0.15, 0.2) is 71.2 Å². The van der Waals surface area contributed by atoms with E-state index in [-0.39, 0.29) is 31.4 Å². The van der Waals surface area contributed by atoms with Crippen LogP contribution in [0.3, 0.4) is 0 Å². The summed E-state index contributed by atoms with van der Waals surface area (Å²) < 4.78 is 20.9. The number of amides is 2. The van der Waals surface area contributed by atoms with E-state index in [1.165, 1.54) is 15.9 Å². The summed E-state index contributed by atoms with van der Waals surface area (Å²) in [6, 6.07) is 19.7. The van der Waals surface area contributed by atoms with Crippen LogP contribution in [-0.2, 0) is 22.7 Å². The number of rotatable bonds is 8. The minimum atomic E-state index is -0.672. The van der Waals surface area contributed by atoms with Crippen LogP contribution in [0.5, 0.6) is 5.75 Å². The number of likely N-dealkylation sites (tertiary alicyclic amines) is 1. The number of carbonyl (C=O) groups excluding carboxylic acids is 2. The van der Waals surface area contributed by atoms with Gasteiger partial charge in [0, 0.05) is 41.2 Å². The number of aliphatic hydroxyl groups is 1. The smallest absolute Gasteiger partial charge is 0.312 e. The molecule has 1 N–H and O–H groups in total. The van der Waals surface area contributed by atoms with Crippen LogP contribution < -0.4 is 4.74 Å². The normalized spacial score (nSPS) is 13.8. The highest BCUT2D eigenvalue weighted by Crippen LogP contribution is 2.31. The van der Waals surface area contributed by atoms with E-state index in [0.29, 0.717) is 53.3 Å². The van der Waals surface area contributed by atoms with E-state index in [2.05, 4.69) is 15.9 Å². The topological polar surface area (TPSA) is 70.1 Å². The molecule has 0 aliphatic carbocycles. The number of carbonyl (C=O) groups is 2. The van der Waals surface area contributed by atoms with Crippen LogP contribution in [0.2, 0.25) is 5.02 Å². The minimum Gasteiger partial charge on any atom is -0.489 e. The number of ether oxygens (including phenoxy) is 1. The van der Waals surface area contributed by atoms with Crippen LogP contribution in [0, 0.1) is 5.82 Å². The quantitative estimate of drug-likeness (QED) is 0.343. The molecule has 6 nitrogen and oxygen atoms in total. The summed E-state index contributed by atoms with van der Waals surface area (Å²) >= 11 is 9.48. The van der Waals surface area contributed by atoms with Crippen LogP contribution in [0.1, 0.15) is 35.4 Å². The molecule has 9 heteroatoms. The van der Waals surface area contributed by atoms with E-state index in [4.69, 9.17) is 16.3 Å². The van der Waals surface area contributed by atoms with Crippen molar-refractivity contribution in [3.05, 3.63) is 98.7 Å². The average Bonchev–Trinajstić information content (AvgIpc) is 2.92. The third-order valence-corrected chi connectivity index (χ3v) is 7.51. The van der Waals surface area contributed by atoms with Crippen LogP contribution in [0.4, 0.5) is 4.39 Å². The molecule has 1 heterocycles. The van der Waals surface area contributed by atoms with Crippen LogP contribution in [-0.4, -0.2) is 53.0 Å². The van der Waals surface area contributed by atoms with E-state index in [0.717, 1.165) is 11.1 Å². The van der Waals surface area contributed by atoms with Crippen molar-refractivity contribution in [2.24, 2.45) is 0 Å². The van der Waals surface area contributed by atoms with Crippen molar-refractivity contribution >= 4 is 39.3 Å². The lowest BCUT2D eigenvalue weighted by atomic mass is 9.89. The number of piperidine rings is 1. The maximum absolute atomic E-state index is 14.4. The Labute approximate surface area is 235 Å². The molecule has 0 radical (unpaired) electrons. The molecule has 1 aliphatic heterocycles. The summed E-state index contributed by atoms with van der Waals surface area (Å²) in [5.41, 5.74) is 2.25. The summed E-state index contributed by atoms with van der Waals surface area (Å²) in [5, 5.41) is 10.2. The molecule has 4 rings (SSSR count). The van der Waals surface area contributed by atoms with Gasteiger partial charge in [0.15, 0.2) is 0 Å². The number of hydrogen-bond donors (Lipinski definition) is 1. The van der Waals surface area contributed by atoms with Crippen molar-refractivity contribution in [2.75, 3.05) is 26.2 Å². The first-order chi connectivity index (χ1) is 18.4. The highest BCUT2D eigenvalue weighted by molar-refractivity contribution is 9.10. The first kappa shape index (κ1) is 28.1. The lowest BCUT2D eigenvalue weighted by Gasteiger charge is -2.33. The van der Waals surface area contributed by atoms with Gasteiger partial charge in [-0.05, 0) is 60.2 Å². The van der Waals surface area contributed by atoms with Gasteiger partial charge in [-0.15, -0.1) is 0 Å². The van der Waals surface area contributed by atoms with Gasteiger partial charge in [-0.25, -0.2) is 4.39 Å². The second-order valence-corrected chi connectivity index (χ2v) is 10.5. The third-order valence-electron chi connectivity index (χ3n) is 6.65. The molecule has 0 atom stereocenters. The summed E-state index contributed by atoms with van der Waals surface area (Å²) in [5.74, 6) is -0.960. The van der Waals surface area contributed by atoms with Crippen molar-refractivity contribution < 1.29 is 23.8 Å². The number of aliphatic hydroxyl groups excluding tert-OH is 1. The van der Waals surface area contributed by atoms with Gasteiger partial charge in [0.1, 0.15) is 18.2 Å². The lowest BCUT2D eigenvalue weighted by Crippen LogP contribution is -2.48. The number of hydrogen-bond acceptors (Lipinski definition) is 4. The largest absolute Gasteiger partial charge is 0.489 e. The Bertz CT molecular complexity index is 1280. The predicted molar refractivity (Wildman–Crippen MR) is 147 cm³/mol. The summed E-state index contributed by atoms with van der Waals surface area (Å²) in [6.45, 7) is 0.921.